The standard InChI is InChI=1S/C13H14N2O/c1-14-7-3-2-4-10-5-6-12-11(8-10)9-15-13(12)16/h5-6,8,14H,3,7,9H2,1H3,(H,15,16). The zero-order valence-electron chi connectivity index (χ0n) is 9.26. The molecule has 3 heteroatoms. The van der Waals surface area contributed by atoms with E-state index in [-0.39, 0.29) is 5.91 Å². The van der Waals surface area contributed by atoms with Gasteiger partial charge in [-0.3, -0.25) is 4.79 Å². The van der Waals surface area contributed by atoms with Gasteiger partial charge in [-0.15, -0.1) is 0 Å². The zero-order chi connectivity index (χ0) is 11.4. The van der Waals surface area contributed by atoms with E-state index in [0.29, 0.717) is 6.54 Å². The summed E-state index contributed by atoms with van der Waals surface area (Å²) in [5.74, 6) is 6.20. The summed E-state index contributed by atoms with van der Waals surface area (Å²) < 4.78 is 0. The molecule has 1 aliphatic rings. The molecule has 0 saturated carbocycles. The minimum atomic E-state index is 0.0182. The summed E-state index contributed by atoms with van der Waals surface area (Å²) in [6, 6.07) is 5.73. The zero-order valence-corrected chi connectivity index (χ0v) is 9.26. The van der Waals surface area contributed by atoms with E-state index in [4.69, 9.17) is 0 Å². The summed E-state index contributed by atoms with van der Waals surface area (Å²) in [7, 11) is 1.91. The molecule has 0 fully saturated rings. The van der Waals surface area contributed by atoms with Crippen molar-refractivity contribution < 1.29 is 4.79 Å². The second-order valence-corrected chi connectivity index (χ2v) is 3.71. The maximum Gasteiger partial charge on any atom is 0.251 e. The Hall–Kier alpha value is -1.79. The molecule has 1 heterocycles. The first-order valence-corrected chi connectivity index (χ1v) is 5.36. The Morgan fingerprint density at radius 2 is 2.38 bits per heavy atom. The van der Waals surface area contributed by atoms with Crippen molar-refractivity contribution in [2.24, 2.45) is 0 Å². The van der Waals surface area contributed by atoms with Gasteiger partial charge in [0.25, 0.3) is 5.91 Å². The molecule has 2 N–H and O–H groups in total. The number of hydrogen-bond acceptors (Lipinski definition) is 2. The lowest BCUT2D eigenvalue weighted by Gasteiger charge is -1.96. The molecule has 1 aromatic carbocycles. The van der Waals surface area contributed by atoms with E-state index in [2.05, 4.69) is 22.5 Å². The summed E-state index contributed by atoms with van der Waals surface area (Å²) in [5.41, 5.74) is 2.80. The molecule has 16 heavy (non-hydrogen) atoms. The topological polar surface area (TPSA) is 41.1 Å². The van der Waals surface area contributed by atoms with E-state index < -0.39 is 0 Å². The number of rotatable bonds is 2. The van der Waals surface area contributed by atoms with E-state index in [0.717, 1.165) is 29.7 Å². The third kappa shape index (κ3) is 2.23. The van der Waals surface area contributed by atoms with E-state index in [1.54, 1.807) is 0 Å². The fraction of sp³-hybridized carbons (Fsp3) is 0.308. The number of hydrogen-bond donors (Lipinski definition) is 2. The maximum atomic E-state index is 11.3. The van der Waals surface area contributed by atoms with Crippen LogP contribution >= 0.6 is 0 Å². The quantitative estimate of drug-likeness (QED) is 0.567. The molecular weight excluding hydrogens is 200 g/mol. The third-order valence-electron chi connectivity index (χ3n) is 2.52. The molecule has 0 bridgehead atoms. The van der Waals surface area contributed by atoms with E-state index >= 15 is 0 Å². The number of carbonyl (C=O) groups excluding carboxylic acids is 1. The maximum absolute atomic E-state index is 11.3. The van der Waals surface area contributed by atoms with Crippen molar-refractivity contribution in [2.45, 2.75) is 13.0 Å². The van der Waals surface area contributed by atoms with Gasteiger partial charge < -0.3 is 10.6 Å². The van der Waals surface area contributed by atoms with Gasteiger partial charge in [0, 0.05) is 30.6 Å². The molecule has 3 nitrogen and oxygen atoms in total. The average molecular weight is 214 g/mol. The number of amides is 1. The smallest absolute Gasteiger partial charge is 0.251 e. The SMILES string of the molecule is CNCCC#Cc1ccc2c(c1)CNC2=O. The summed E-state index contributed by atoms with van der Waals surface area (Å²) in [6.07, 6.45) is 0.838. The van der Waals surface area contributed by atoms with Crippen LogP contribution in [0.15, 0.2) is 18.2 Å². The molecular formula is C13H14N2O. The van der Waals surface area contributed by atoms with Crippen molar-refractivity contribution in [3.8, 4) is 11.8 Å². The Balaban J connectivity index is 2.12. The molecule has 0 radical (unpaired) electrons. The van der Waals surface area contributed by atoms with Gasteiger partial charge in [0.05, 0.1) is 0 Å². The molecule has 1 aromatic rings. The molecule has 0 atom stereocenters. The summed E-state index contributed by atoms with van der Waals surface area (Å²) in [5, 5.41) is 5.84. The van der Waals surface area contributed by atoms with Crippen molar-refractivity contribution in [3.63, 3.8) is 0 Å². The molecule has 0 saturated heterocycles. The summed E-state index contributed by atoms with van der Waals surface area (Å²) in [6.45, 7) is 1.53. The Morgan fingerprint density at radius 1 is 1.50 bits per heavy atom. The molecule has 1 amide bonds. The molecule has 0 aromatic heterocycles. The summed E-state index contributed by atoms with van der Waals surface area (Å²) in [4.78, 5) is 11.3. The van der Waals surface area contributed by atoms with Crippen molar-refractivity contribution in [2.75, 3.05) is 13.6 Å². The average Bonchev–Trinajstić information content (AvgIpc) is 2.66. The fourth-order valence-electron chi connectivity index (χ4n) is 1.66. The summed E-state index contributed by atoms with van der Waals surface area (Å²) >= 11 is 0. The van der Waals surface area contributed by atoms with E-state index in [1.165, 1.54) is 0 Å². The second kappa shape index (κ2) is 4.82. The van der Waals surface area contributed by atoms with Crippen LogP contribution in [0, 0.1) is 11.8 Å². The van der Waals surface area contributed by atoms with E-state index in [1.807, 2.05) is 25.2 Å². The van der Waals surface area contributed by atoms with Gasteiger partial charge in [-0.25, -0.2) is 0 Å². The number of nitrogens with one attached hydrogen (secondary N) is 2. The van der Waals surface area contributed by atoms with Crippen LogP contribution in [0.4, 0.5) is 0 Å². The van der Waals surface area contributed by atoms with Crippen LogP contribution in [0.3, 0.4) is 0 Å². The van der Waals surface area contributed by atoms with Crippen LogP contribution in [0.5, 0.6) is 0 Å². The third-order valence-corrected chi connectivity index (χ3v) is 2.52. The highest BCUT2D eigenvalue weighted by molar-refractivity contribution is 5.98. The van der Waals surface area contributed by atoms with Crippen LogP contribution in [-0.2, 0) is 6.54 Å². The second-order valence-electron chi connectivity index (χ2n) is 3.71. The van der Waals surface area contributed by atoms with Gasteiger partial charge >= 0.3 is 0 Å². The molecule has 1 aliphatic heterocycles. The minimum Gasteiger partial charge on any atom is -0.348 e. The predicted molar refractivity (Wildman–Crippen MR) is 63.0 cm³/mol. The van der Waals surface area contributed by atoms with Gasteiger partial charge in [-0.2, -0.15) is 0 Å². The first kappa shape index (κ1) is 10.7. The van der Waals surface area contributed by atoms with Crippen LogP contribution in [0.2, 0.25) is 0 Å². The lowest BCUT2D eigenvalue weighted by atomic mass is 10.1. The number of carbonyl (C=O) groups is 1. The molecule has 0 unspecified atom stereocenters. The van der Waals surface area contributed by atoms with Crippen LogP contribution < -0.4 is 10.6 Å². The minimum absolute atomic E-state index is 0.0182. The number of fused-ring (bicyclic) bond motifs is 1. The highest BCUT2D eigenvalue weighted by atomic mass is 16.1. The van der Waals surface area contributed by atoms with E-state index in [9.17, 15) is 4.79 Å². The first-order chi connectivity index (χ1) is 7.81. The van der Waals surface area contributed by atoms with Crippen molar-refractivity contribution in [1.29, 1.82) is 0 Å². The van der Waals surface area contributed by atoms with Crippen molar-refractivity contribution >= 4 is 5.91 Å². The molecule has 82 valence electrons. The Morgan fingerprint density at radius 3 is 3.19 bits per heavy atom. The molecule has 2 rings (SSSR count). The molecule has 0 aliphatic carbocycles. The Kier molecular flexibility index (Phi) is 3.23. The Labute approximate surface area is 95.2 Å². The highest BCUT2D eigenvalue weighted by Gasteiger charge is 2.17. The van der Waals surface area contributed by atoms with Crippen LogP contribution in [0.25, 0.3) is 0 Å². The van der Waals surface area contributed by atoms with Gasteiger partial charge in [-0.05, 0) is 30.8 Å². The van der Waals surface area contributed by atoms with Crippen molar-refractivity contribution in [3.05, 3.63) is 34.9 Å². The van der Waals surface area contributed by atoms with Gasteiger partial charge in [0.1, 0.15) is 0 Å². The first-order valence-electron chi connectivity index (χ1n) is 5.36. The largest absolute Gasteiger partial charge is 0.348 e. The van der Waals surface area contributed by atoms with Gasteiger partial charge in [0.2, 0.25) is 0 Å². The van der Waals surface area contributed by atoms with Gasteiger partial charge in [0.15, 0.2) is 0 Å². The molecule has 0 spiro atoms. The monoisotopic (exact) mass is 214 g/mol. The lowest BCUT2D eigenvalue weighted by molar-refractivity contribution is 0.0966. The van der Waals surface area contributed by atoms with Crippen LogP contribution in [0.1, 0.15) is 27.9 Å². The highest BCUT2D eigenvalue weighted by Crippen LogP contribution is 2.16. The van der Waals surface area contributed by atoms with Crippen LogP contribution in [-0.4, -0.2) is 19.5 Å². The Bertz CT molecular complexity index is 469. The van der Waals surface area contributed by atoms with Crippen molar-refractivity contribution in [1.82, 2.24) is 10.6 Å². The lowest BCUT2D eigenvalue weighted by Crippen LogP contribution is -2.12. The predicted octanol–water partition coefficient (Wildman–Crippen LogP) is 0.891. The normalized spacial score (nSPS) is 12.7. The van der Waals surface area contributed by atoms with Gasteiger partial charge in [-0.1, -0.05) is 11.8 Å². The number of benzene rings is 1. The fourth-order valence-corrected chi connectivity index (χ4v) is 1.66.